The van der Waals surface area contributed by atoms with E-state index in [-0.39, 0.29) is 17.3 Å². The molecule has 1 aromatic heterocycles. The van der Waals surface area contributed by atoms with Gasteiger partial charge >= 0.3 is 0 Å². The smallest absolute Gasteiger partial charge is 0.293 e. The fourth-order valence-corrected chi connectivity index (χ4v) is 2.51. The Balaban J connectivity index is 1.69. The maximum Gasteiger partial charge on any atom is 0.293 e. The molecule has 0 radical (unpaired) electrons. The van der Waals surface area contributed by atoms with E-state index in [0.29, 0.717) is 22.7 Å². The van der Waals surface area contributed by atoms with Crippen LogP contribution in [-0.2, 0) is 4.79 Å². The number of ether oxygens (including phenoxy) is 2. The highest BCUT2D eigenvalue weighted by molar-refractivity contribution is 7.71. The molecular weight excluding hydrogens is 394 g/mol. The van der Waals surface area contributed by atoms with Gasteiger partial charge < -0.3 is 14.8 Å². The molecule has 0 saturated heterocycles. The van der Waals surface area contributed by atoms with Gasteiger partial charge in [-0.25, -0.2) is 0 Å². The SMILES string of the molecule is COc1cc(/C=N/n2c(=O)cn[nH]c2=S)ccc1OCC(=O)Nc1ccccc1. The molecule has 10 heteroatoms. The number of hydrogen-bond acceptors (Lipinski definition) is 7. The van der Waals surface area contributed by atoms with Gasteiger partial charge in [-0.15, -0.1) is 0 Å². The molecule has 1 heterocycles. The molecule has 0 atom stereocenters. The van der Waals surface area contributed by atoms with Gasteiger partial charge in [-0.2, -0.15) is 14.9 Å². The van der Waals surface area contributed by atoms with Crippen LogP contribution >= 0.6 is 12.2 Å². The second-order valence-corrected chi connectivity index (χ2v) is 6.07. The summed E-state index contributed by atoms with van der Waals surface area (Å²) in [6.07, 6.45) is 2.52. The number of carbonyl (C=O) groups is 1. The van der Waals surface area contributed by atoms with Crippen LogP contribution in [0.1, 0.15) is 5.56 Å². The van der Waals surface area contributed by atoms with E-state index in [1.807, 2.05) is 18.2 Å². The van der Waals surface area contributed by atoms with Gasteiger partial charge in [-0.1, -0.05) is 18.2 Å². The third kappa shape index (κ3) is 5.36. The number of anilines is 1. The first-order valence-electron chi connectivity index (χ1n) is 8.43. The summed E-state index contributed by atoms with van der Waals surface area (Å²) in [7, 11) is 1.48. The first kappa shape index (κ1) is 20.0. The third-order valence-corrected chi connectivity index (χ3v) is 3.93. The highest BCUT2D eigenvalue weighted by atomic mass is 32.1. The van der Waals surface area contributed by atoms with E-state index in [1.165, 1.54) is 13.3 Å². The molecule has 0 unspecified atom stereocenters. The molecule has 1 amide bonds. The van der Waals surface area contributed by atoms with Gasteiger partial charge in [0.25, 0.3) is 11.5 Å². The van der Waals surface area contributed by atoms with Crippen LogP contribution in [0.4, 0.5) is 5.69 Å². The van der Waals surface area contributed by atoms with Crippen LogP contribution in [0, 0.1) is 4.77 Å². The summed E-state index contributed by atoms with van der Waals surface area (Å²) in [4.78, 5) is 23.8. The molecule has 2 aromatic carbocycles. The molecule has 2 N–H and O–H groups in total. The Hall–Kier alpha value is -3.79. The topological polar surface area (TPSA) is 111 Å². The van der Waals surface area contributed by atoms with Crippen LogP contribution in [0.25, 0.3) is 0 Å². The number of aromatic nitrogens is 3. The van der Waals surface area contributed by atoms with Crippen molar-refractivity contribution in [1.29, 1.82) is 0 Å². The number of amides is 1. The van der Waals surface area contributed by atoms with Crippen LogP contribution in [0.2, 0.25) is 0 Å². The van der Waals surface area contributed by atoms with Gasteiger partial charge in [0.15, 0.2) is 18.1 Å². The van der Waals surface area contributed by atoms with Crippen LogP contribution in [0.5, 0.6) is 11.5 Å². The summed E-state index contributed by atoms with van der Waals surface area (Å²) in [5.74, 6) is 0.509. The molecule has 0 aliphatic rings. The molecule has 3 aromatic rings. The zero-order valence-electron chi connectivity index (χ0n) is 15.4. The normalized spacial score (nSPS) is 10.7. The number of hydrogen-bond donors (Lipinski definition) is 2. The van der Waals surface area contributed by atoms with E-state index in [1.54, 1.807) is 30.3 Å². The third-order valence-electron chi connectivity index (χ3n) is 3.66. The molecular formula is C19H17N5O4S. The summed E-state index contributed by atoms with van der Waals surface area (Å²) in [5, 5.41) is 12.9. The summed E-state index contributed by atoms with van der Waals surface area (Å²) >= 11 is 4.98. The van der Waals surface area contributed by atoms with Crippen LogP contribution in [0.3, 0.4) is 0 Å². The second kappa shape index (κ2) is 9.42. The van der Waals surface area contributed by atoms with Crippen molar-refractivity contribution in [3.63, 3.8) is 0 Å². The Morgan fingerprint density at radius 3 is 2.79 bits per heavy atom. The molecule has 0 aliphatic heterocycles. The monoisotopic (exact) mass is 411 g/mol. The number of aromatic amines is 1. The first-order valence-corrected chi connectivity index (χ1v) is 8.84. The Morgan fingerprint density at radius 1 is 1.28 bits per heavy atom. The van der Waals surface area contributed by atoms with Crippen molar-refractivity contribution in [2.75, 3.05) is 19.0 Å². The Labute approximate surface area is 170 Å². The van der Waals surface area contributed by atoms with Crippen molar-refractivity contribution in [3.8, 4) is 11.5 Å². The molecule has 29 heavy (non-hydrogen) atoms. The quantitative estimate of drug-likeness (QED) is 0.456. The number of H-pyrrole nitrogens is 1. The van der Waals surface area contributed by atoms with E-state index in [0.717, 1.165) is 10.9 Å². The summed E-state index contributed by atoms with van der Waals surface area (Å²) in [6.45, 7) is -0.180. The maximum atomic E-state index is 12.0. The van der Waals surface area contributed by atoms with Crippen LogP contribution in [0.15, 0.2) is 64.6 Å². The Kier molecular flexibility index (Phi) is 6.48. The van der Waals surface area contributed by atoms with Gasteiger partial charge in [0.1, 0.15) is 6.20 Å². The first-order chi connectivity index (χ1) is 14.1. The lowest BCUT2D eigenvalue weighted by Crippen LogP contribution is -2.20. The van der Waals surface area contributed by atoms with Crippen molar-refractivity contribution < 1.29 is 14.3 Å². The zero-order chi connectivity index (χ0) is 20.6. The average molecular weight is 411 g/mol. The predicted molar refractivity (Wildman–Crippen MR) is 110 cm³/mol. The minimum absolute atomic E-state index is 0.0742. The van der Waals surface area contributed by atoms with Gasteiger partial charge in [-0.3, -0.25) is 14.7 Å². The number of para-hydroxylation sites is 1. The van der Waals surface area contributed by atoms with Gasteiger partial charge in [0, 0.05) is 5.69 Å². The largest absolute Gasteiger partial charge is 0.493 e. The fraction of sp³-hybridized carbons (Fsp3) is 0.105. The van der Waals surface area contributed by atoms with Crippen molar-refractivity contribution in [1.82, 2.24) is 14.9 Å². The molecule has 9 nitrogen and oxygen atoms in total. The van der Waals surface area contributed by atoms with Crippen LogP contribution in [-0.4, -0.2) is 40.7 Å². The number of nitrogens with zero attached hydrogens (tertiary/aromatic N) is 3. The summed E-state index contributed by atoms with van der Waals surface area (Å²) in [5.41, 5.74) is 0.867. The van der Waals surface area contributed by atoms with Crippen molar-refractivity contribution >= 4 is 30.0 Å². The lowest BCUT2D eigenvalue weighted by Gasteiger charge is -2.11. The van der Waals surface area contributed by atoms with E-state index >= 15 is 0 Å². The van der Waals surface area contributed by atoms with E-state index < -0.39 is 5.56 Å². The second-order valence-electron chi connectivity index (χ2n) is 5.68. The number of rotatable bonds is 7. The molecule has 0 bridgehead atoms. The van der Waals surface area contributed by atoms with Crippen molar-refractivity contribution in [3.05, 3.63) is 75.4 Å². The predicted octanol–water partition coefficient (Wildman–Crippen LogP) is 2.21. The number of benzene rings is 2. The van der Waals surface area contributed by atoms with Crippen molar-refractivity contribution in [2.24, 2.45) is 5.10 Å². The molecule has 0 aliphatic carbocycles. The molecule has 0 fully saturated rings. The number of nitrogens with one attached hydrogen (secondary N) is 2. The number of methoxy groups -OCH3 is 1. The molecule has 0 spiro atoms. The van der Waals surface area contributed by atoms with Gasteiger partial charge in [0.05, 0.1) is 13.3 Å². The van der Waals surface area contributed by atoms with Crippen LogP contribution < -0.4 is 20.3 Å². The summed E-state index contributed by atoms with van der Waals surface area (Å²) < 4.78 is 11.9. The molecule has 148 valence electrons. The maximum absolute atomic E-state index is 12.0. The van der Waals surface area contributed by atoms with Gasteiger partial charge in [-0.05, 0) is 48.1 Å². The molecule has 0 saturated carbocycles. The average Bonchev–Trinajstić information content (AvgIpc) is 2.73. The van der Waals surface area contributed by atoms with E-state index in [9.17, 15) is 9.59 Å². The van der Waals surface area contributed by atoms with Crippen molar-refractivity contribution in [2.45, 2.75) is 0 Å². The highest BCUT2D eigenvalue weighted by Gasteiger charge is 2.09. The Morgan fingerprint density at radius 2 is 2.07 bits per heavy atom. The zero-order valence-corrected chi connectivity index (χ0v) is 16.2. The lowest BCUT2D eigenvalue weighted by molar-refractivity contribution is -0.118. The Bertz CT molecular complexity index is 1110. The number of carbonyl (C=O) groups excluding carboxylic acids is 1. The van der Waals surface area contributed by atoms with E-state index in [4.69, 9.17) is 21.7 Å². The standard InChI is InChI=1S/C19H17N5O4S/c1-27-16-9-13(10-21-24-18(26)11-20-23-19(24)29)7-8-15(16)28-12-17(25)22-14-5-3-2-4-6-14/h2-11H,12H2,1H3,(H,22,25)(H,23,29)/b21-10+. The lowest BCUT2D eigenvalue weighted by atomic mass is 10.2. The minimum Gasteiger partial charge on any atom is -0.493 e. The summed E-state index contributed by atoms with van der Waals surface area (Å²) in [6, 6.07) is 14.1. The molecule has 3 rings (SSSR count). The fourth-order valence-electron chi connectivity index (χ4n) is 2.32. The van der Waals surface area contributed by atoms with Gasteiger partial charge in [0.2, 0.25) is 4.77 Å². The van der Waals surface area contributed by atoms with E-state index in [2.05, 4.69) is 20.6 Å². The minimum atomic E-state index is -0.457. The highest BCUT2D eigenvalue weighted by Crippen LogP contribution is 2.27.